The zero-order valence-corrected chi connectivity index (χ0v) is 11.2. The molecule has 19 heavy (non-hydrogen) atoms. The van der Waals surface area contributed by atoms with Crippen molar-refractivity contribution in [3.63, 3.8) is 0 Å². The molecular formula is C17H20O2. The number of benzene rings is 1. The van der Waals surface area contributed by atoms with Gasteiger partial charge in [-0.3, -0.25) is 0 Å². The molecule has 0 aromatic heterocycles. The Morgan fingerprint density at radius 3 is 2.84 bits per heavy atom. The minimum atomic E-state index is -0.0655. The van der Waals surface area contributed by atoms with E-state index in [4.69, 9.17) is 9.47 Å². The second kappa shape index (κ2) is 4.11. The minimum Gasteiger partial charge on any atom is -0.473 e. The van der Waals surface area contributed by atoms with Gasteiger partial charge in [-0.1, -0.05) is 43.2 Å². The van der Waals surface area contributed by atoms with Crippen molar-refractivity contribution in [2.24, 2.45) is 5.41 Å². The molecule has 2 nitrogen and oxygen atoms in total. The average Bonchev–Trinajstić information content (AvgIpc) is 2.66. The molecule has 2 fully saturated rings. The normalized spacial score (nSPS) is 39.7. The Hall–Kier alpha value is -1.28. The van der Waals surface area contributed by atoms with Crippen molar-refractivity contribution in [2.45, 2.75) is 50.4 Å². The average molecular weight is 256 g/mol. The maximum Gasteiger partial charge on any atom is 0.200 e. The van der Waals surface area contributed by atoms with Gasteiger partial charge < -0.3 is 9.47 Å². The number of hydrogen-bond donors (Lipinski definition) is 0. The zero-order chi connectivity index (χ0) is 12.8. The first-order valence-corrected chi connectivity index (χ1v) is 7.37. The lowest BCUT2D eigenvalue weighted by Crippen LogP contribution is -2.48. The topological polar surface area (TPSA) is 18.5 Å². The Balaban J connectivity index is 1.72. The Morgan fingerprint density at radius 1 is 1.11 bits per heavy atom. The number of ether oxygens (including phenoxy) is 2. The van der Waals surface area contributed by atoms with Gasteiger partial charge in [0.15, 0.2) is 0 Å². The summed E-state index contributed by atoms with van der Waals surface area (Å²) in [6, 6.07) is 10.8. The maximum absolute atomic E-state index is 6.26. The van der Waals surface area contributed by atoms with Gasteiger partial charge in [0.1, 0.15) is 0 Å². The molecule has 2 bridgehead atoms. The third kappa shape index (κ3) is 1.66. The lowest BCUT2D eigenvalue weighted by Gasteiger charge is -2.46. The highest BCUT2D eigenvalue weighted by Gasteiger charge is 2.60. The molecule has 1 spiro atoms. The molecule has 0 N–H and O–H groups in total. The van der Waals surface area contributed by atoms with E-state index in [1.807, 2.05) is 6.26 Å². The van der Waals surface area contributed by atoms with E-state index in [0.717, 1.165) is 19.3 Å². The van der Waals surface area contributed by atoms with Crippen molar-refractivity contribution in [2.75, 3.05) is 0 Å². The quantitative estimate of drug-likeness (QED) is 0.801. The summed E-state index contributed by atoms with van der Waals surface area (Å²) < 4.78 is 11.9. The van der Waals surface area contributed by atoms with Crippen LogP contribution in [-0.4, -0.2) is 11.9 Å². The van der Waals surface area contributed by atoms with Gasteiger partial charge in [0.05, 0.1) is 11.9 Å². The smallest absolute Gasteiger partial charge is 0.200 e. The largest absolute Gasteiger partial charge is 0.473 e. The Labute approximate surface area is 114 Å². The molecule has 4 rings (SSSR count). The van der Waals surface area contributed by atoms with Crippen molar-refractivity contribution in [1.82, 2.24) is 0 Å². The fraction of sp³-hybridized carbons (Fsp3) is 0.529. The van der Waals surface area contributed by atoms with Crippen molar-refractivity contribution in [3.8, 4) is 0 Å². The minimum absolute atomic E-state index is 0.0215. The fourth-order valence-electron chi connectivity index (χ4n) is 4.29. The molecule has 3 atom stereocenters. The van der Waals surface area contributed by atoms with Crippen LogP contribution in [0, 0.1) is 5.41 Å². The van der Waals surface area contributed by atoms with E-state index >= 15 is 0 Å². The van der Waals surface area contributed by atoms with Gasteiger partial charge in [-0.25, -0.2) is 0 Å². The van der Waals surface area contributed by atoms with E-state index in [1.54, 1.807) is 0 Å². The van der Waals surface area contributed by atoms with Crippen molar-refractivity contribution in [3.05, 3.63) is 48.2 Å². The van der Waals surface area contributed by atoms with Gasteiger partial charge >= 0.3 is 0 Å². The van der Waals surface area contributed by atoms with E-state index < -0.39 is 0 Å². The van der Waals surface area contributed by atoms with E-state index in [9.17, 15) is 0 Å². The van der Waals surface area contributed by atoms with Crippen LogP contribution in [0.15, 0.2) is 42.7 Å². The first kappa shape index (κ1) is 11.5. The van der Waals surface area contributed by atoms with E-state index in [-0.39, 0.29) is 17.3 Å². The van der Waals surface area contributed by atoms with Crippen LogP contribution in [0.2, 0.25) is 0 Å². The first-order chi connectivity index (χ1) is 9.32. The molecule has 0 radical (unpaired) electrons. The molecular weight excluding hydrogens is 236 g/mol. The molecule has 2 aliphatic heterocycles. The highest BCUT2D eigenvalue weighted by atomic mass is 16.7. The van der Waals surface area contributed by atoms with Crippen molar-refractivity contribution in [1.29, 1.82) is 0 Å². The third-order valence-electron chi connectivity index (χ3n) is 5.20. The van der Waals surface area contributed by atoms with E-state index in [1.165, 1.54) is 24.8 Å². The summed E-state index contributed by atoms with van der Waals surface area (Å²) in [5, 5.41) is 0. The van der Waals surface area contributed by atoms with Crippen LogP contribution in [0.5, 0.6) is 0 Å². The summed E-state index contributed by atoms with van der Waals surface area (Å²) in [5.41, 5.74) is 1.60. The summed E-state index contributed by atoms with van der Waals surface area (Å²) in [6.45, 7) is 0. The molecule has 1 saturated carbocycles. The lowest BCUT2D eigenvalue weighted by molar-refractivity contribution is -0.162. The van der Waals surface area contributed by atoms with Crippen LogP contribution in [0.3, 0.4) is 0 Å². The van der Waals surface area contributed by atoms with Crippen LogP contribution in [0.1, 0.15) is 37.7 Å². The SMILES string of the molecule is C1=C[C@]23CCCC[C@@]2(Cc2ccccc2)C[C@H](O1)O3. The second-order valence-corrected chi connectivity index (χ2v) is 6.23. The van der Waals surface area contributed by atoms with Crippen LogP contribution >= 0.6 is 0 Å². The summed E-state index contributed by atoms with van der Waals surface area (Å²) in [7, 11) is 0. The van der Waals surface area contributed by atoms with Crippen LogP contribution in [0.4, 0.5) is 0 Å². The molecule has 3 aliphatic rings. The van der Waals surface area contributed by atoms with E-state index in [2.05, 4.69) is 36.4 Å². The number of rotatable bonds is 2. The maximum atomic E-state index is 6.26. The van der Waals surface area contributed by atoms with Gasteiger partial charge in [0.2, 0.25) is 6.29 Å². The van der Waals surface area contributed by atoms with Gasteiger partial charge in [-0.15, -0.1) is 0 Å². The van der Waals surface area contributed by atoms with Crippen LogP contribution in [-0.2, 0) is 15.9 Å². The molecule has 2 heterocycles. The monoisotopic (exact) mass is 256 g/mol. The Kier molecular flexibility index (Phi) is 2.49. The Bertz CT molecular complexity index is 495. The molecule has 0 amide bonds. The van der Waals surface area contributed by atoms with Crippen molar-refractivity contribution >= 4 is 0 Å². The van der Waals surface area contributed by atoms with Gasteiger partial charge in [-0.05, 0) is 30.9 Å². The number of hydrogen-bond acceptors (Lipinski definition) is 2. The van der Waals surface area contributed by atoms with E-state index in [0.29, 0.717) is 0 Å². The van der Waals surface area contributed by atoms with Crippen LogP contribution in [0.25, 0.3) is 0 Å². The highest BCUT2D eigenvalue weighted by molar-refractivity contribution is 5.25. The summed E-state index contributed by atoms with van der Waals surface area (Å²) >= 11 is 0. The summed E-state index contributed by atoms with van der Waals surface area (Å²) in [5.74, 6) is 0. The summed E-state index contributed by atoms with van der Waals surface area (Å²) in [6.07, 6.45) is 11.2. The van der Waals surface area contributed by atoms with Gasteiger partial charge in [-0.2, -0.15) is 0 Å². The predicted molar refractivity (Wildman–Crippen MR) is 73.5 cm³/mol. The fourth-order valence-corrected chi connectivity index (χ4v) is 4.29. The molecule has 100 valence electrons. The molecule has 1 aromatic rings. The third-order valence-corrected chi connectivity index (χ3v) is 5.20. The molecule has 1 saturated heterocycles. The molecule has 2 heteroatoms. The number of fused-ring (bicyclic) bond motifs is 1. The molecule has 1 aromatic carbocycles. The summed E-state index contributed by atoms with van der Waals surface area (Å²) in [4.78, 5) is 0. The molecule has 1 aliphatic carbocycles. The molecule has 0 unspecified atom stereocenters. The Morgan fingerprint density at radius 2 is 1.95 bits per heavy atom. The van der Waals surface area contributed by atoms with Gasteiger partial charge in [0.25, 0.3) is 0 Å². The van der Waals surface area contributed by atoms with Crippen molar-refractivity contribution < 1.29 is 9.47 Å². The zero-order valence-electron chi connectivity index (χ0n) is 11.2. The highest BCUT2D eigenvalue weighted by Crippen LogP contribution is 2.59. The van der Waals surface area contributed by atoms with Gasteiger partial charge in [0, 0.05) is 11.8 Å². The first-order valence-electron chi connectivity index (χ1n) is 7.37. The lowest BCUT2D eigenvalue weighted by atomic mass is 9.60. The standard InChI is InChI=1S/C17H20O2/c1-2-6-14(7-3-1)12-16-8-4-5-9-17(16)10-11-18-15(13-16)19-17/h1-3,6-7,10-11,15H,4-5,8-9,12-13H2/t15-,16-,17-/m1/s1. The second-order valence-electron chi connectivity index (χ2n) is 6.23. The predicted octanol–water partition coefficient (Wildman–Crippen LogP) is 3.82. The van der Waals surface area contributed by atoms with Crippen LogP contribution < -0.4 is 0 Å².